The topological polar surface area (TPSA) is 565 Å². The SMILES string of the molecule is CC[C@H](C)[C@@H]1NC(=O)[C@H](CCCN=C(N)N)NC(=O)[C@H](CCCN=C(N)N)NC(=O)[C@@H](NC(=O)[C@H](Cc2ccccc2)NC(=O)CNC(=O)CNC(=O)[C@@H](N)Cc2ccc(O)cc2)CSCCSC[C@@H](C(N)=O)NC(=O)[C@@H]2CCCN2C(=O)[C@H](CCCN=C(N)N)NC1=O. The van der Waals surface area contributed by atoms with Crippen molar-refractivity contribution >= 4 is 106 Å². The second-order valence-corrected chi connectivity index (χ2v) is 24.8. The summed E-state index contributed by atoms with van der Waals surface area (Å²) < 4.78 is 0. The van der Waals surface area contributed by atoms with Crippen LogP contribution in [0.3, 0.4) is 0 Å². The number of nitrogens with zero attached hydrogens (tertiary/aromatic N) is 4. The number of phenolic OH excluding ortho intramolecular Hbond substituents is 1. The maximum Gasteiger partial charge on any atom is 0.245 e. The first kappa shape index (κ1) is 77.3. The zero-order valence-electron chi connectivity index (χ0n) is 53.0. The monoisotopic (exact) mass is 1350 g/mol. The van der Waals surface area contributed by atoms with E-state index in [0.717, 1.165) is 0 Å². The van der Waals surface area contributed by atoms with Crippen molar-refractivity contribution in [2.45, 2.75) is 139 Å². The van der Waals surface area contributed by atoms with Crippen molar-refractivity contribution < 1.29 is 57.8 Å². The van der Waals surface area contributed by atoms with Crippen molar-refractivity contribution in [3.63, 3.8) is 0 Å². The second-order valence-electron chi connectivity index (χ2n) is 22.5. The van der Waals surface area contributed by atoms with Crippen molar-refractivity contribution in [2.75, 3.05) is 62.3 Å². The van der Waals surface area contributed by atoms with Gasteiger partial charge in [0.05, 0.1) is 19.1 Å². The van der Waals surface area contributed by atoms with Crippen molar-refractivity contribution in [3.8, 4) is 5.75 Å². The molecule has 2 aliphatic heterocycles. The number of carbonyl (C=O) groups excluding carboxylic acids is 11. The molecule has 0 aromatic heterocycles. The summed E-state index contributed by atoms with van der Waals surface area (Å²) in [4.78, 5) is 168. The summed E-state index contributed by atoms with van der Waals surface area (Å²) in [6, 6.07) is 2.98. The second kappa shape index (κ2) is 40.8. The van der Waals surface area contributed by atoms with Crippen LogP contribution in [-0.4, -0.2) is 210 Å². The number of benzene rings is 2. The van der Waals surface area contributed by atoms with Crippen LogP contribution in [0, 0.1) is 5.92 Å². The molecule has 2 heterocycles. The Bertz CT molecular complexity index is 2970. The van der Waals surface area contributed by atoms with Gasteiger partial charge in [0.1, 0.15) is 54.1 Å². The lowest BCUT2D eigenvalue weighted by Gasteiger charge is -2.32. The number of rotatable bonds is 27. The Morgan fingerprint density at radius 2 is 1.16 bits per heavy atom. The third-order valence-corrected chi connectivity index (χ3v) is 17.5. The summed E-state index contributed by atoms with van der Waals surface area (Å²) >= 11 is 2.42. The summed E-state index contributed by atoms with van der Waals surface area (Å²) in [5.41, 5.74) is 46.7. The number of aliphatic imine (C=N–C) groups is 3. The van der Waals surface area contributed by atoms with Gasteiger partial charge in [0, 0.05) is 55.6 Å². The zero-order chi connectivity index (χ0) is 69.3. The first-order chi connectivity index (χ1) is 44.8. The van der Waals surface area contributed by atoms with Crippen molar-refractivity contribution in [1.82, 2.24) is 52.8 Å². The summed E-state index contributed by atoms with van der Waals surface area (Å²) in [6.07, 6.45) is 1.09. The number of carbonyl (C=O) groups is 11. The lowest BCUT2D eigenvalue weighted by atomic mass is 9.96. The number of hydrogen-bond donors (Lipinski definition) is 18. The van der Waals surface area contributed by atoms with Crippen LogP contribution >= 0.6 is 23.5 Å². The zero-order valence-corrected chi connectivity index (χ0v) is 54.6. The van der Waals surface area contributed by atoms with Gasteiger partial charge in [-0.3, -0.25) is 67.7 Å². The molecule has 0 unspecified atom stereocenters. The van der Waals surface area contributed by atoms with Gasteiger partial charge >= 0.3 is 0 Å². The van der Waals surface area contributed by atoms with Gasteiger partial charge in [0.2, 0.25) is 65.0 Å². The number of fused-ring (bicyclic) bond motifs is 1. The fraction of sp³-hybridized carbons (Fsp3) is 0.559. The lowest BCUT2D eigenvalue weighted by molar-refractivity contribution is -0.142. The molecule has 0 spiro atoms. The molecule has 33 nitrogen and oxygen atoms in total. The van der Waals surface area contributed by atoms with E-state index in [0.29, 0.717) is 29.7 Å². The van der Waals surface area contributed by atoms with Crippen molar-refractivity contribution in [1.29, 1.82) is 0 Å². The number of aromatic hydroxyl groups is 1. The van der Waals surface area contributed by atoms with Crippen LogP contribution in [0.2, 0.25) is 0 Å². The van der Waals surface area contributed by atoms with E-state index in [1.165, 1.54) is 40.6 Å². The molecule has 2 aliphatic rings. The highest BCUT2D eigenvalue weighted by Gasteiger charge is 2.41. The van der Waals surface area contributed by atoms with E-state index in [9.17, 15) is 57.8 Å². The highest BCUT2D eigenvalue weighted by molar-refractivity contribution is 8.03. The van der Waals surface area contributed by atoms with Crippen molar-refractivity contribution in [3.05, 3.63) is 65.7 Å². The molecule has 10 atom stereocenters. The lowest BCUT2D eigenvalue weighted by Crippen LogP contribution is -2.61. The number of nitrogens with two attached hydrogens (primary N) is 8. The Morgan fingerprint density at radius 3 is 1.73 bits per heavy atom. The number of thioether (sulfide) groups is 2. The fourth-order valence-corrected chi connectivity index (χ4v) is 12.1. The smallest absolute Gasteiger partial charge is 0.245 e. The molecule has 2 saturated heterocycles. The molecule has 35 heteroatoms. The van der Waals surface area contributed by atoms with Crippen LogP contribution in [0.5, 0.6) is 5.75 Å². The molecular weight excluding hydrogens is 1260 g/mol. The quantitative estimate of drug-likeness (QED) is 0.0225. The van der Waals surface area contributed by atoms with Crippen LogP contribution in [-0.2, 0) is 65.6 Å². The Kier molecular flexibility index (Phi) is 33.5. The molecule has 94 heavy (non-hydrogen) atoms. The Hall–Kier alpha value is -9.12. The molecule has 4 rings (SSSR count). The van der Waals surface area contributed by atoms with Crippen LogP contribution in [0.4, 0.5) is 0 Å². The fourth-order valence-electron chi connectivity index (χ4n) is 9.83. The summed E-state index contributed by atoms with van der Waals surface area (Å²) in [5, 5.41) is 33.5. The Labute approximate surface area is 554 Å². The molecule has 2 aromatic rings. The van der Waals surface area contributed by atoms with E-state index in [4.69, 9.17) is 45.9 Å². The van der Waals surface area contributed by atoms with E-state index in [1.807, 2.05) is 0 Å². The number of nitrogens with one attached hydrogen (secondary N) is 9. The highest BCUT2D eigenvalue weighted by Crippen LogP contribution is 2.22. The number of guanidine groups is 3. The van der Waals surface area contributed by atoms with Gasteiger partial charge in [0.15, 0.2) is 17.9 Å². The normalized spacial score (nSPS) is 21.4. The van der Waals surface area contributed by atoms with Gasteiger partial charge in [-0.15, -0.1) is 0 Å². The standard InChI is InChI=1S/C59H93N21O12S2/c1-3-33(2)47-55(91)76-40(15-9-23-70-59(66)67)56(92)80-24-10-16-44(80)54(90)77-42(48(61)84)31-93-25-26-94-32-43(53(89)75-38(13-7-21-68-57(62)63)50(86)74-39(51(87)79-47)14-8-22-69-58(64)65)78-52(88)41(28-34-11-5-4-6-12-34)73-46(83)30-71-45(82)29-72-49(85)37(60)27-35-17-19-36(81)20-18-35/h4-6,11-12,17-20,33,37-44,47,81H,3,7-10,13-16,21-32,60H2,1-2H3,(H2,61,84)(H,71,82)(H,72,85)(H,73,83)(H,74,86)(H,75,89)(H,76,91)(H,77,90)(H,78,88)(H,79,87)(H4,62,63,68)(H4,64,65,69)(H4,66,67,70)/t33-,37-,38-,39-,40-,41-,42-,43-,44-,47-/m0/s1. The minimum Gasteiger partial charge on any atom is -0.508 e. The van der Waals surface area contributed by atoms with Gasteiger partial charge in [0.25, 0.3) is 0 Å². The molecule has 0 bridgehead atoms. The van der Waals surface area contributed by atoms with Gasteiger partial charge in [-0.2, -0.15) is 23.5 Å². The molecule has 26 N–H and O–H groups in total. The van der Waals surface area contributed by atoms with Crippen LogP contribution in [0.25, 0.3) is 0 Å². The predicted octanol–water partition coefficient (Wildman–Crippen LogP) is -5.71. The minimum atomic E-state index is -1.46. The molecular formula is C59H93N21O12S2. The van der Waals surface area contributed by atoms with E-state index in [-0.39, 0.29) is 125 Å². The summed E-state index contributed by atoms with van der Waals surface area (Å²) in [7, 11) is 0. The molecule has 0 aliphatic carbocycles. The van der Waals surface area contributed by atoms with E-state index < -0.39 is 138 Å². The third kappa shape index (κ3) is 28.0. The first-order valence-electron chi connectivity index (χ1n) is 30.9. The van der Waals surface area contributed by atoms with E-state index in [1.54, 1.807) is 56.3 Å². The number of hydrogen-bond acceptors (Lipinski definition) is 18. The number of amides is 11. The molecule has 0 radical (unpaired) electrons. The van der Waals surface area contributed by atoms with Crippen LogP contribution in [0.15, 0.2) is 69.6 Å². The largest absolute Gasteiger partial charge is 0.508 e. The third-order valence-electron chi connectivity index (χ3n) is 15.1. The summed E-state index contributed by atoms with van der Waals surface area (Å²) in [5.74, 6) is -9.46. The van der Waals surface area contributed by atoms with Gasteiger partial charge in [-0.25, -0.2) is 0 Å². The molecule has 2 fully saturated rings. The number of primary amides is 1. The van der Waals surface area contributed by atoms with Crippen molar-refractivity contribution in [2.24, 2.45) is 66.8 Å². The average Bonchev–Trinajstić information content (AvgIpc) is 1.61. The average molecular weight is 1350 g/mol. The first-order valence-corrected chi connectivity index (χ1v) is 33.2. The Morgan fingerprint density at radius 1 is 0.628 bits per heavy atom. The molecule has 11 amide bonds. The minimum absolute atomic E-state index is 0.00458. The van der Waals surface area contributed by atoms with Gasteiger partial charge in [-0.1, -0.05) is 62.7 Å². The summed E-state index contributed by atoms with van der Waals surface area (Å²) in [6.45, 7) is 2.47. The van der Waals surface area contributed by atoms with Gasteiger partial charge in [-0.05, 0) is 87.0 Å². The maximum absolute atomic E-state index is 14.8. The Balaban J connectivity index is 1.71. The number of phenols is 1. The van der Waals surface area contributed by atoms with E-state index in [2.05, 4.69) is 62.8 Å². The molecule has 2 aromatic carbocycles. The molecule has 518 valence electrons. The van der Waals surface area contributed by atoms with Gasteiger partial charge < -0.3 is 104 Å². The maximum atomic E-state index is 14.8. The van der Waals surface area contributed by atoms with E-state index >= 15 is 0 Å². The predicted molar refractivity (Wildman–Crippen MR) is 357 cm³/mol. The van der Waals surface area contributed by atoms with Crippen LogP contribution < -0.4 is 93.7 Å². The molecule has 0 saturated carbocycles. The van der Waals surface area contributed by atoms with Crippen LogP contribution in [0.1, 0.15) is 82.8 Å². The highest BCUT2D eigenvalue weighted by atomic mass is 32.2.